The molecule has 0 radical (unpaired) electrons. The molecule has 0 amide bonds. The van der Waals surface area contributed by atoms with Crippen LogP contribution in [0, 0.1) is 0 Å². The molecule has 0 aliphatic carbocycles. The first-order valence-corrected chi connectivity index (χ1v) is 7.42. The minimum absolute atomic E-state index is 0.605. The van der Waals surface area contributed by atoms with Crippen LogP contribution < -0.4 is 0 Å². The molecule has 17 heavy (non-hydrogen) atoms. The molecule has 0 aromatic carbocycles. The summed E-state index contributed by atoms with van der Waals surface area (Å²) < 4.78 is 6.07. The molecule has 3 aromatic rings. The zero-order valence-corrected chi connectivity index (χ0v) is 10.9. The third-order valence-electron chi connectivity index (χ3n) is 1.87. The molecule has 0 aliphatic heterocycles. The number of thiophene rings is 1. The van der Waals surface area contributed by atoms with E-state index in [0.717, 1.165) is 9.22 Å². The Kier molecular flexibility index (Phi) is 3.16. The average Bonchev–Trinajstić information content (AvgIpc) is 3.09. The maximum atomic E-state index is 5.17. The van der Waals surface area contributed by atoms with Crippen LogP contribution in [0.2, 0.25) is 0 Å². The van der Waals surface area contributed by atoms with Crippen LogP contribution >= 0.6 is 34.4 Å². The number of rotatable bonds is 4. The molecule has 0 spiro atoms. The molecule has 0 N–H and O–H groups in total. The Balaban J connectivity index is 1.69. The molecule has 3 rings (SSSR count). The second kappa shape index (κ2) is 4.94. The molecule has 8 heteroatoms. The van der Waals surface area contributed by atoms with Crippen molar-refractivity contribution in [3.63, 3.8) is 0 Å². The summed E-state index contributed by atoms with van der Waals surface area (Å²) in [6.07, 6.45) is 0. The van der Waals surface area contributed by atoms with Gasteiger partial charge in [0.15, 0.2) is 4.34 Å². The minimum Gasteiger partial charge on any atom is -0.338 e. The molecule has 0 fully saturated rings. The van der Waals surface area contributed by atoms with Crippen molar-refractivity contribution in [2.75, 3.05) is 0 Å². The molecule has 0 bridgehead atoms. The van der Waals surface area contributed by atoms with Crippen molar-refractivity contribution in [3.8, 4) is 10.7 Å². The van der Waals surface area contributed by atoms with Gasteiger partial charge in [-0.05, 0) is 11.4 Å². The third-order valence-corrected chi connectivity index (χ3v) is 4.58. The second-order valence-electron chi connectivity index (χ2n) is 2.98. The Hall–Kier alpha value is -1.25. The fraction of sp³-hybridized carbons (Fsp3) is 0.111. The van der Waals surface area contributed by atoms with Crippen molar-refractivity contribution in [1.29, 1.82) is 0 Å². The van der Waals surface area contributed by atoms with Crippen molar-refractivity contribution in [2.45, 2.75) is 10.1 Å². The average molecular weight is 282 g/mol. The standard InChI is InChI=1S/C9H6N4OS3/c1-2-6(15-3-1)8-11-7(14-13-8)4-16-9-12-10-5-17-9/h1-3,5H,4H2. The number of nitrogens with zero attached hydrogens (tertiary/aromatic N) is 4. The fourth-order valence-electron chi connectivity index (χ4n) is 1.17. The van der Waals surface area contributed by atoms with Gasteiger partial charge in [0.25, 0.3) is 0 Å². The van der Waals surface area contributed by atoms with Crippen LogP contribution in [0.1, 0.15) is 5.89 Å². The highest BCUT2D eigenvalue weighted by Crippen LogP contribution is 2.25. The van der Waals surface area contributed by atoms with Gasteiger partial charge in [0.2, 0.25) is 11.7 Å². The lowest BCUT2D eigenvalue weighted by Gasteiger charge is -1.88. The smallest absolute Gasteiger partial charge is 0.237 e. The van der Waals surface area contributed by atoms with Gasteiger partial charge in [-0.1, -0.05) is 34.3 Å². The van der Waals surface area contributed by atoms with Crippen LogP contribution in [0.4, 0.5) is 0 Å². The lowest BCUT2D eigenvalue weighted by atomic mass is 10.4. The summed E-state index contributed by atoms with van der Waals surface area (Å²) in [6.45, 7) is 0. The van der Waals surface area contributed by atoms with Crippen LogP contribution in [0.5, 0.6) is 0 Å². The predicted octanol–water partition coefficient (Wildman–Crippen LogP) is 2.94. The summed E-state index contributed by atoms with van der Waals surface area (Å²) in [4.78, 5) is 5.34. The van der Waals surface area contributed by atoms with Gasteiger partial charge in [-0.2, -0.15) is 4.98 Å². The van der Waals surface area contributed by atoms with Crippen LogP contribution in [0.15, 0.2) is 31.9 Å². The van der Waals surface area contributed by atoms with Crippen LogP contribution in [-0.4, -0.2) is 20.3 Å². The van der Waals surface area contributed by atoms with Crippen molar-refractivity contribution >= 4 is 34.4 Å². The minimum atomic E-state index is 0.605. The van der Waals surface area contributed by atoms with Gasteiger partial charge >= 0.3 is 0 Å². The van der Waals surface area contributed by atoms with E-state index < -0.39 is 0 Å². The van der Waals surface area contributed by atoms with Gasteiger partial charge in [0.05, 0.1) is 10.6 Å². The molecule has 3 aromatic heterocycles. The van der Waals surface area contributed by atoms with Gasteiger partial charge in [0.1, 0.15) is 5.51 Å². The zero-order valence-electron chi connectivity index (χ0n) is 8.44. The second-order valence-corrected chi connectivity index (χ2v) is 5.99. The van der Waals surface area contributed by atoms with Crippen LogP contribution in [0.3, 0.4) is 0 Å². The molecular weight excluding hydrogens is 276 g/mol. The Labute approximate surface area is 109 Å². The van der Waals surface area contributed by atoms with Gasteiger partial charge in [0, 0.05) is 0 Å². The van der Waals surface area contributed by atoms with E-state index in [1.807, 2.05) is 17.5 Å². The van der Waals surface area contributed by atoms with E-state index in [0.29, 0.717) is 17.5 Å². The van der Waals surface area contributed by atoms with Gasteiger partial charge in [-0.25, -0.2) is 0 Å². The number of thioether (sulfide) groups is 1. The van der Waals surface area contributed by atoms with E-state index in [4.69, 9.17) is 4.52 Å². The Morgan fingerprint density at radius 1 is 1.35 bits per heavy atom. The molecule has 0 unspecified atom stereocenters. The first-order valence-electron chi connectivity index (χ1n) is 4.67. The molecule has 0 atom stereocenters. The number of hydrogen-bond acceptors (Lipinski definition) is 8. The molecule has 0 saturated heterocycles. The summed E-state index contributed by atoms with van der Waals surface area (Å²) in [7, 11) is 0. The quantitative estimate of drug-likeness (QED) is 0.685. The molecule has 0 aliphatic rings. The molecule has 0 saturated carbocycles. The lowest BCUT2D eigenvalue weighted by Crippen LogP contribution is -1.80. The van der Waals surface area contributed by atoms with E-state index in [9.17, 15) is 0 Å². The largest absolute Gasteiger partial charge is 0.338 e. The summed E-state index contributed by atoms with van der Waals surface area (Å²) in [5.41, 5.74) is 1.70. The fourth-order valence-corrected chi connectivity index (χ4v) is 3.14. The molecule has 5 nitrogen and oxygen atoms in total. The summed E-state index contributed by atoms with van der Waals surface area (Å²) in [5, 5.41) is 13.6. The number of hydrogen-bond donors (Lipinski definition) is 0. The highest BCUT2D eigenvalue weighted by molar-refractivity contribution is 8.00. The Morgan fingerprint density at radius 3 is 3.12 bits per heavy atom. The zero-order chi connectivity index (χ0) is 11.5. The first kappa shape index (κ1) is 10.9. The molecule has 86 valence electrons. The third kappa shape index (κ3) is 2.54. The van der Waals surface area contributed by atoms with E-state index >= 15 is 0 Å². The van der Waals surface area contributed by atoms with Crippen molar-refractivity contribution in [3.05, 3.63) is 28.9 Å². The lowest BCUT2D eigenvalue weighted by molar-refractivity contribution is 0.392. The monoisotopic (exact) mass is 282 g/mol. The van der Waals surface area contributed by atoms with Crippen molar-refractivity contribution in [2.24, 2.45) is 0 Å². The van der Waals surface area contributed by atoms with E-state index in [2.05, 4.69) is 20.3 Å². The van der Waals surface area contributed by atoms with Gasteiger partial charge in [-0.3, -0.25) is 0 Å². The highest BCUT2D eigenvalue weighted by Gasteiger charge is 2.10. The van der Waals surface area contributed by atoms with Crippen LogP contribution in [-0.2, 0) is 5.75 Å². The van der Waals surface area contributed by atoms with E-state index in [1.165, 1.54) is 11.3 Å². The Morgan fingerprint density at radius 2 is 2.35 bits per heavy atom. The van der Waals surface area contributed by atoms with Crippen molar-refractivity contribution in [1.82, 2.24) is 20.3 Å². The van der Waals surface area contributed by atoms with Crippen LogP contribution in [0.25, 0.3) is 10.7 Å². The highest BCUT2D eigenvalue weighted by atomic mass is 32.2. The maximum absolute atomic E-state index is 5.17. The SMILES string of the molecule is c1csc(-c2noc(CSc3nncs3)n2)c1. The van der Waals surface area contributed by atoms with E-state index in [1.54, 1.807) is 28.6 Å². The summed E-state index contributed by atoms with van der Waals surface area (Å²) >= 11 is 4.64. The molecular formula is C9H6N4OS3. The Bertz CT molecular complexity index is 575. The van der Waals surface area contributed by atoms with Crippen molar-refractivity contribution < 1.29 is 4.52 Å². The topological polar surface area (TPSA) is 64.7 Å². The summed E-state index contributed by atoms with van der Waals surface area (Å²) in [5.74, 6) is 1.87. The summed E-state index contributed by atoms with van der Waals surface area (Å²) in [6, 6.07) is 3.93. The van der Waals surface area contributed by atoms with Gasteiger partial charge in [-0.15, -0.1) is 21.5 Å². The van der Waals surface area contributed by atoms with Gasteiger partial charge < -0.3 is 4.52 Å². The normalized spacial score (nSPS) is 10.8. The maximum Gasteiger partial charge on any atom is 0.237 e. The van der Waals surface area contributed by atoms with E-state index in [-0.39, 0.29) is 0 Å². The first-order chi connectivity index (χ1) is 8.42. The molecule has 3 heterocycles. The number of aromatic nitrogens is 4. The predicted molar refractivity (Wildman–Crippen MR) is 67.1 cm³/mol.